The monoisotopic (exact) mass is 417 g/mol. The Bertz CT molecular complexity index is 618. The molecular weight excluding hydrogens is 378 g/mol. The van der Waals surface area contributed by atoms with Gasteiger partial charge in [0.1, 0.15) is 17.3 Å². The number of rotatable bonds is 14. The lowest BCUT2D eigenvalue weighted by atomic mass is 9.49. The van der Waals surface area contributed by atoms with Crippen LogP contribution in [0, 0.1) is 23.2 Å². The van der Waals surface area contributed by atoms with E-state index < -0.39 is 0 Å². The third-order valence-corrected chi connectivity index (χ3v) is 7.55. The smallest absolute Gasteiger partial charge is 0.220 e. The third kappa shape index (κ3) is 6.75. The van der Waals surface area contributed by atoms with Crippen molar-refractivity contribution in [3.8, 4) is 0 Å². The second kappa shape index (κ2) is 10.7. The Labute approximate surface area is 181 Å². The number of hydrogen-bond donors (Lipinski definition) is 1. The molecule has 4 bridgehead atoms. The molecule has 0 aromatic rings. The normalized spacial score (nSPS) is 29.0. The first-order chi connectivity index (χ1) is 14.4. The molecule has 0 aromatic heterocycles. The topological polar surface area (TPSA) is 80.3 Å². The number of nitrogens with one attached hydrogen (secondary N) is 1. The van der Waals surface area contributed by atoms with E-state index in [2.05, 4.69) is 5.32 Å². The second-order valence-corrected chi connectivity index (χ2v) is 10.4. The molecule has 1 amide bonds. The molecule has 5 nitrogen and oxygen atoms in total. The zero-order valence-electron chi connectivity index (χ0n) is 18.7. The van der Waals surface area contributed by atoms with Crippen LogP contribution in [-0.4, -0.2) is 29.8 Å². The Morgan fingerprint density at radius 3 is 1.70 bits per heavy atom. The van der Waals surface area contributed by atoms with Crippen molar-refractivity contribution in [1.82, 2.24) is 5.32 Å². The summed E-state index contributed by atoms with van der Waals surface area (Å²) < 4.78 is 0. The molecule has 0 heterocycles. The Morgan fingerprint density at radius 2 is 1.20 bits per heavy atom. The van der Waals surface area contributed by atoms with Crippen molar-refractivity contribution in [2.24, 2.45) is 23.2 Å². The zero-order valence-corrected chi connectivity index (χ0v) is 18.7. The minimum atomic E-state index is -0.00308. The van der Waals surface area contributed by atoms with Gasteiger partial charge in [-0.3, -0.25) is 19.2 Å². The number of hydrogen-bond acceptors (Lipinski definition) is 4. The highest BCUT2D eigenvalue weighted by Gasteiger charge is 2.51. The molecule has 0 spiro atoms. The summed E-state index contributed by atoms with van der Waals surface area (Å²) in [6.45, 7) is 2.49. The lowest BCUT2D eigenvalue weighted by Crippen LogP contribution is -2.48. The highest BCUT2D eigenvalue weighted by molar-refractivity contribution is 5.89. The predicted molar refractivity (Wildman–Crippen MR) is 116 cm³/mol. The highest BCUT2D eigenvalue weighted by Crippen LogP contribution is 2.61. The summed E-state index contributed by atoms with van der Waals surface area (Å²) in [7, 11) is 0. The Kier molecular flexibility index (Phi) is 8.24. The molecule has 4 saturated carbocycles. The van der Waals surface area contributed by atoms with Crippen molar-refractivity contribution < 1.29 is 19.2 Å². The van der Waals surface area contributed by atoms with E-state index in [-0.39, 0.29) is 47.9 Å². The first-order valence-electron chi connectivity index (χ1n) is 12.2. The van der Waals surface area contributed by atoms with Gasteiger partial charge in [-0.1, -0.05) is 6.92 Å². The molecule has 0 aliphatic heterocycles. The van der Waals surface area contributed by atoms with Gasteiger partial charge in [-0.05, 0) is 74.5 Å². The van der Waals surface area contributed by atoms with Crippen LogP contribution in [0.5, 0.6) is 0 Å². The van der Waals surface area contributed by atoms with E-state index in [0.29, 0.717) is 38.6 Å². The molecule has 5 heteroatoms. The molecule has 1 N–H and O–H groups in total. The van der Waals surface area contributed by atoms with Gasteiger partial charge in [0.15, 0.2) is 0 Å². The van der Waals surface area contributed by atoms with Gasteiger partial charge >= 0.3 is 0 Å². The summed E-state index contributed by atoms with van der Waals surface area (Å²) in [5.41, 5.74) is 0.257. The fourth-order valence-electron chi connectivity index (χ4n) is 6.63. The van der Waals surface area contributed by atoms with E-state index >= 15 is 0 Å². The third-order valence-electron chi connectivity index (χ3n) is 7.55. The van der Waals surface area contributed by atoms with Crippen LogP contribution in [-0.2, 0) is 19.2 Å². The largest absolute Gasteiger partial charge is 0.356 e. The molecule has 0 atom stereocenters. The van der Waals surface area contributed by atoms with E-state index in [9.17, 15) is 19.2 Å². The molecule has 168 valence electrons. The first kappa shape index (κ1) is 23.1. The maximum atomic E-state index is 12.5. The van der Waals surface area contributed by atoms with Crippen LogP contribution in [0.3, 0.4) is 0 Å². The summed E-state index contributed by atoms with van der Waals surface area (Å²) in [4.78, 5) is 47.8. The van der Waals surface area contributed by atoms with Crippen molar-refractivity contribution in [2.45, 2.75) is 103 Å². The van der Waals surface area contributed by atoms with Gasteiger partial charge in [-0.2, -0.15) is 0 Å². The highest BCUT2D eigenvalue weighted by atomic mass is 16.2. The average molecular weight is 418 g/mol. The minimum absolute atomic E-state index is 0.00308. The number of carbonyl (C=O) groups is 4. The number of ketones is 3. The summed E-state index contributed by atoms with van der Waals surface area (Å²) in [5.74, 6) is 2.91. The zero-order chi connectivity index (χ0) is 21.6. The molecule has 0 aromatic carbocycles. The van der Waals surface area contributed by atoms with Gasteiger partial charge in [0.25, 0.3) is 0 Å². The van der Waals surface area contributed by atoms with Crippen LogP contribution < -0.4 is 5.32 Å². The Hall–Kier alpha value is -1.52. The van der Waals surface area contributed by atoms with Crippen molar-refractivity contribution in [2.75, 3.05) is 6.54 Å². The van der Waals surface area contributed by atoms with Crippen LogP contribution in [0.15, 0.2) is 0 Å². The Morgan fingerprint density at radius 1 is 0.733 bits per heavy atom. The summed E-state index contributed by atoms with van der Waals surface area (Å²) in [6.07, 6.45) is 12.0. The molecule has 0 unspecified atom stereocenters. The quantitative estimate of drug-likeness (QED) is 0.420. The fraction of sp³-hybridized carbons (Fsp3) is 0.840. The standard InChI is InChI=1S/C25H39NO4/c1-2-4-21(27)6-8-23(29)9-7-22(28)5-3-10-26-24(30)17-25-14-18-11-19(15-25)13-20(12-18)16-25/h18-20H,2-17H2,1H3,(H,26,30). The molecule has 4 fully saturated rings. The fourth-order valence-corrected chi connectivity index (χ4v) is 6.63. The molecule has 0 radical (unpaired) electrons. The Balaban J connectivity index is 1.24. The minimum Gasteiger partial charge on any atom is -0.356 e. The second-order valence-electron chi connectivity index (χ2n) is 10.4. The molecule has 4 aliphatic carbocycles. The number of carbonyl (C=O) groups excluding carboxylic acids is 4. The van der Waals surface area contributed by atoms with Gasteiger partial charge in [0.2, 0.25) is 5.91 Å². The number of amides is 1. The van der Waals surface area contributed by atoms with Gasteiger partial charge in [-0.25, -0.2) is 0 Å². The molecule has 30 heavy (non-hydrogen) atoms. The maximum absolute atomic E-state index is 12.5. The number of Topliss-reactive ketones (excluding diaryl/α,β-unsaturated/α-hetero) is 3. The predicted octanol–water partition coefficient (Wildman–Crippen LogP) is 4.56. The van der Waals surface area contributed by atoms with E-state index in [1.54, 1.807) is 0 Å². The van der Waals surface area contributed by atoms with Gasteiger partial charge < -0.3 is 5.32 Å². The van der Waals surface area contributed by atoms with Gasteiger partial charge in [-0.15, -0.1) is 0 Å². The van der Waals surface area contributed by atoms with Gasteiger partial charge in [0, 0.05) is 51.5 Å². The van der Waals surface area contributed by atoms with Crippen LogP contribution in [0.1, 0.15) is 103 Å². The lowest BCUT2D eigenvalue weighted by Gasteiger charge is -2.56. The van der Waals surface area contributed by atoms with Crippen LogP contribution >= 0.6 is 0 Å². The van der Waals surface area contributed by atoms with Gasteiger partial charge in [0.05, 0.1) is 0 Å². The molecular formula is C25H39NO4. The summed E-state index contributed by atoms with van der Waals surface area (Å²) >= 11 is 0. The van der Waals surface area contributed by atoms with E-state index in [1.165, 1.54) is 38.5 Å². The average Bonchev–Trinajstić information content (AvgIpc) is 2.67. The summed E-state index contributed by atoms with van der Waals surface area (Å²) in [6, 6.07) is 0. The van der Waals surface area contributed by atoms with Crippen molar-refractivity contribution in [3.05, 3.63) is 0 Å². The van der Waals surface area contributed by atoms with Crippen LogP contribution in [0.2, 0.25) is 0 Å². The van der Waals surface area contributed by atoms with Crippen LogP contribution in [0.25, 0.3) is 0 Å². The molecule has 4 aliphatic rings. The van der Waals surface area contributed by atoms with Crippen molar-refractivity contribution in [1.29, 1.82) is 0 Å². The van der Waals surface area contributed by atoms with Crippen molar-refractivity contribution in [3.63, 3.8) is 0 Å². The summed E-state index contributed by atoms with van der Waals surface area (Å²) in [5, 5.41) is 3.03. The maximum Gasteiger partial charge on any atom is 0.220 e. The van der Waals surface area contributed by atoms with E-state index in [1.807, 2.05) is 6.92 Å². The SMILES string of the molecule is CCCC(=O)CCC(=O)CCC(=O)CCCNC(=O)CC12CC3CC(CC(C3)C1)C2. The van der Waals surface area contributed by atoms with Crippen molar-refractivity contribution >= 4 is 23.3 Å². The first-order valence-corrected chi connectivity index (χ1v) is 12.2. The van der Waals surface area contributed by atoms with E-state index in [0.717, 1.165) is 24.2 Å². The van der Waals surface area contributed by atoms with Crippen LogP contribution in [0.4, 0.5) is 0 Å². The van der Waals surface area contributed by atoms with E-state index in [4.69, 9.17) is 0 Å². The lowest BCUT2D eigenvalue weighted by molar-refractivity contribution is -0.129. The molecule has 4 rings (SSSR count). The molecule has 0 saturated heterocycles.